The van der Waals surface area contributed by atoms with E-state index in [4.69, 9.17) is 9.47 Å². The number of hydrogen-bond donors (Lipinski definition) is 0. The van der Waals surface area contributed by atoms with Gasteiger partial charge in [-0.25, -0.2) is 0 Å². The Balaban J connectivity index is 1.63. The van der Waals surface area contributed by atoms with Crippen molar-refractivity contribution in [2.45, 2.75) is 26.2 Å². The molecule has 4 heteroatoms. The highest BCUT2D eigenvalue weighted by atomic mass is 16.7. The Bertz CT molecular complexity index is 478. The van der Waals surface area contributed by atoms with E-state index in [1.54, 1.807) is 0 Å². The van der Waals surface area contributed by atoms with Gasteiger partial charge in [0.05, 0.1) is 6.42 Å². The molecule has 1 saturated heterocycles. The van der Waals surface area contributed by atoms with Crippen molar-refractivity contribution in [3.8, 4) is 11.5 Å². The molecule has 1 amide bonds. The number of carbonyl (C=O) groups is 1. The lowest BCUT2D eigenvalue weighted by molar-refractivity contribution is -0.131. The van der Waals surface area contributed by atoms with E-state index in [1.807, 2.05) is 23.1 Å². The first-order valence-electron chi connectivity index (χ1n) is 6.88. The van der Waals surface area contributed by atoms with Crippen LogP contribution < -0.4 is 9.47 Å². The van der Waals surface area contributed by atoms with Gasteiger partial charge in [-0.15, -0.1) is 0 Å². The SMILES string of the molecule is CC1CCN(C(=O)Cc2ccc3c(c2)OCO3)CC1. The van der Waals surface area contributed by atoms with E-state index < -0.39 is 0 Å². The number of likely N-dealkylation sites (tertiary alicyclic amines) is 1. The number of benzene rings is 1. The molecule has 4 nitrogen and oxygen atoms in total. The van der Waals surface area contributed by atoms with Crippen LogP contribution in [0.1, 0.15) is 25.3 Å². The highest BCUT2D eigenvalue weighted by molar-refractivity contribution is 5.79. The molecule has 1 fully saturated rings. The normalized spacial score (nSPS) is 18.7. The lowest BCUT2D eigenvalue weighted by atomic mass is 9.98. The Morgan fingerprint density at radius 1 is 1.26 bits per heavy atom. The van der Waals surface area contributed by atoms with Crippen molar-refractivity contribution < 1.29 is 14.3 Å². The van der Waals surface area contributed by atoms with Gasteiger partial charge in [-0.1, -0.05) is 13.0 Å². The molecule has 2 aliphatic heterocycles. The van der Waals surface area contributed by atoms with Crippen molar-refractivity contribution in [3.63, 3.8) is 0 Å². The zero-order valence-electron chi connectivity index (χ0n) is 11.2. The molecule has 0 unspecified atom stereocenters. The fourth-order valence-electron chi connectivity index (χ4n) is 2.60. The maximum Gasteiger partial charge on any atom is 0.231 e. The summed E-state index contributed by atoms with van der Waals surface area (Å²) in [6, 6.07) is 5.73. The van der Waals surface area contributed by atoms with E-state index in [-0.39, 0.29) is 12.7 Å². The smallest absolute Gasteiger partial charge is 0.231 e. The van der Waals surface area contributed by atoms with E-state index in [0.717, 1.165) is 48.9 Å². The number of carbonyl (C=O) groups excluding carboxylic acids is 1. The third kappa shape index (κ3) is 2.67. The van der Waals surface area contributed by atoms with Crippen molar-refractivity contribution >= 4 is 5.91 Å². The molecule has 2 heterocycles. The molecule has 1 aromatic rings. The van der Waals surface area contributed by atoms with Crippen molar-refractivity contribution in [1.82, 2.24) is 4.90 Å². The Kier molecular flexibility index (Phi) is 3.32. The summed E-state index contributed by atoms with van der Waals surface area (Å²) in [6.45, 7) is 4.31. The van der Waals surface area contributed by atoms with Gasteiger partial charge in [0.1, 0.15) is 0 Å². The summed E-state index contributed by atoms with van der Waals surface area (Å²) in [5, 5.41) is 0. The van der Waals surface area contributed by atoms with Gasteiger partial charge in [-0.2, -0.15) is 0 Å². The Morgan fingerprint density at radius 2 is 2.00 bits per heavy atom. The summed E-state index contributed by atoms with van der Waals surface area (Å²) < 4.78 is 10.6. The van der Waals surface area contributed by atoms with Crippen LogP contribution in [0, 0.1) is 5.92 Å². The Labute approximate surface area is 113 Å². The van der Waals surface area contributed by atoms with Gasteiger partial charge >= 0.3 is 0 Å². The molecule has 0 bridgehead atoms. The van der Waals surface area contributed by atoms with Crippen molar-refractivity contribution in [2.24, 2.45) is 5.92 Å². The van der Waals surface area contributed by atoms with Crippen LogP contribution in [0.5, 0.6) is 11.5 Å². The monoisotopic (exact) mass is 261 g/mol. The molecule has 0 saturated carbocycles. The molecule has 102 valence electrons. The molecule has 0 radical (unpaired) electrons. The summed E-state index contributed by atoms with van der Waals surface area (Å²) in [5.41, 5.74) is 0.993. The molecular weight excluding hydrogens is 242 g/mol. The number of rotatable bonds is 2. The van der Waals surface area contributed by atoms with Crippen molar-refractivity contribution in [3.05, 3.63) is 23.8 Å². The number of piperidine rings is 1. The maximum absolute atomic E-state index is 12.2. The molecule has 0 N–H and O–H groups in total. The second-order valence-electron chi connectivity index (χ2n) is 5.43. The van der Waals surface area contributed by atoms with Gasteiger partial charge in [0, 0.05) is 13.1 Å². The van der Waals surface area contributed by atoms with E-state index >= 15 is 0 Å². The summed E-state index contributed by atoms with van der Waals surface area (Å²) in [5.74, 6) is 2.47. The quantitative estimate of drug-likeness (QED) is 0.819. The predicted molar refractivity (Wildman–Crippen MR) is 71.2 cm³/mol. The third-order valence-corrected chi connectivity index (χ3v) is 3.93. The number of nitrogens with zero attached hydrogens (tertiary/aromatic N) is 1. The molecule has 0 atom stereocenters. The predicted octanol–water partition coefficient (Wildman–Crippen LogP) is 2.22. The first-order chi connectivity index (χ1) is 9.22. The van der Waals surface area contributed by atoms with Crippen LogP contribution in [0.4, 0.5) is 0 Å². The van der Waals surface area contributed by atoms with Crippen LogP contribution in [-0.4, -0.2) is 30.7 Å². The molecule has 0 aromatic heterocycles. The largest absolute Gasteiger partial charge is 0.454 e. The fraction of sp³-hybridized carbons (Fsp3) is 0.533. The van der Waals surface area contributed by atoms with Crippen LogP contribution in [0.25, 0.3) is 0 Å². The van der Waals surface area contributed by atoms with Gasteiger partial charge < -0.3 is 14.4 Å². The highest BCUT2D eigenvalue weighted by Crippen LogP contribution is 2.32. The first kappa shape index (κ1) is 12.3. The number of amides is 1. The van der Waals surface area contributed by atoms with Gasteiger partial charge in [-0.3, -0.25) is 4.79 Å². The molecule has 2 aliphatic rings. The topological polar surface area (TPSA) is 38.8 Å². The minimum absolute atomic E-state index is 0.214. The summed E-state index contributed by atoms with van der Waals surface area (Å²) in [7, 11) is 0. The van der Waals surface area contributed by atoms with E-state index in [1.165, 1.54) is 0 Å². The van der Waals surface area contributed by atoms with Crippen molar-refractivity contribution in [2.75, 3.05) is 19.9 Å². The minimum atomic E-state index is 0.214. The van der Waals surface area contributed by atoms with Gasteiger partial charge in [0.25, 0.3) is 0 Å². The first-order valence-corrected chi connectivity index (χ1v) is 6.88. The van der Waals surface area contributed by atoms with E-state index in [0.29, 0.717) is 6.42 Å². The summed E-state index contributed by atoms with van der Waals surface area (Å²) in [4.78, 5) is 14.2. The Hall–Kier alpha value is -1.71. The van der Waals surface area contributed by atoms with Crippen LogP contribution in [-0.2, 0) is 11.2 Å². The van der Waals surface area contributed by atoms with Crippen molar-refractivity contribution in [1.29, 1.82) is 0 Å². The van der Waals surface area contributed by atoms with E-state index in [2.05, 4.69) is 6.92 Å². The average molecular weight is 261 g/mol. The lowest BCUT2D eigenvalue weighted by Crippen LogP contribution is -2.38. The minimum Gasteiger partial charge on any atom is -0.454 e. The summed E-state index contributed by atoms with van der Waals surface area (Å²) >= 11 is 0. The van der Waals surface area contributed by atoms with Crippen LogP contribution >= 0.6 is 0 Å². The standard InChI is InChI=1S/C15H19NO3/c1-11-4-6-16(7-5-11)15(17)9-12-2-3-13-14(8-12)19-10-18-13/h2-3,8,11H,4-7,9-10H2,1H3. The molecule has 0 spiro atoms. The van der Waals surface area contributed by atoms with Gasteiger partial charge in [0.15, 0.2) is 11.5 Å². The lowest BCUT2D eigenvalue weighted by Gasteiger charge is -2.30. The fourth-order valence-corrected chi connectivity index (χ4v) is 2.60. The maximum atomic E-state index is 12.2. The van der Waals surface area contributed by atoms with Crippen LogP contribution in [0.3, 0.4) is 0 Å². The van der Waals surface area contributed by atoms with E-state index in [9.17, 15) is 4.79 Å². The second kappa shape index (κ2) is 5.11. The van der Waals surface area contributed by atoms with Gasteiger partial charge in [0.2, 0.25) is 12.7 Å². The van der Waals surface area contributed by atoms with Gasteiger partial charge in [-0.05, 0) is 36.5 Å². The van der Waals surface area contributed by atoms with Crippen LogP contribution in [0.15, 0.2) is 18.2 Å². The number of ether oxygens (including phenoxy) is 2. The zero-order valence-corrected chi connectivity index (χ0v) is 11.2. The van der Waals surface area contributed by atoms with Crippen LogP contribution in [0.2, 0.25) is 0 Å². The molecule has 19 heavy (non-hydrogen) atoms. The molecule has 1 aromatic carbocycles. The molecule has 3 rings (SSSR count). The number of fused-ring (bicyclic) bond motifs is 1. The molecular formula is C15H19NO3. The highest BCUT2D eigenvalue weighted by Gasteiger charge is 2.21. The average Bonchev–Trinajstić information content (AvgIpc) is 2.87. The zero-order chi connectivity index (χ0) is 13.2. The summed E-state index contributed by atoms with van der Waals surface area (Å²) in [6.07, 6.45) is 2.69. The Morgan fingerprint density at radius 3 is 2.79 bits per heavy atom. The molecule has 0 aliphatic carbocycles. The second-order valence-corrected chi connectivity index (χ2v) is 5.43. The number of hydrogen-bond acceptors (Lipinski definition) is 3. The third-order valence-electron chi connectivity index (χ3n) is 3.93.